The molecule has 0 fully saturated rings. The van der Waals surface area contributed by atoms with Crippen LogP contribution in [-0.4, -0.2) is 19.7 Å². The highest BCUT2D eigenvalue weighted by molar-refractivity contribution is 5.71. The van der Waals surface area contributed by atoms with E-state index in [4.69, 9.17) is 4.74 Å². The van der Waals surface area contributed by atoms with E-state index >= 15 is 0 Å². The number of carbonyl (C=O) groups is 1. The van der Waals surface area contributed by atoms with Gasteiger partial charge in [-0.25, -0.2) is 0 Å². The molecule has 0 heterocycles. The number of rotatable bonds is 3. The van der Waals surface area contributed by atoms with Crippen LogP contribution in [-0.2, 0) is 14.3 Å². The zero-order chi connectivity index (χ0) is 10.1. The summed E-state index contributed by atoms with van der Waals surface area (Å²) in [6.45, 7) is 4.35. The Morgan fingerprint density at radius 2 is 2.23 bits per heavy atom. The molecule has 0 aromatic heterocycles. The van der Waals surface area contributed by atoms with Crippen LogP contribution in [0.25, 0.3) is 0 Å². The molecule has 0 unspecified atom stereocenters. The molecule has 3 nitrogen and oxygen atoms in total. The number of esters is 1. The van der Waals surface area contributed by atoms with Crippen molar-refractivity contribution in [3.8, 4) is 12.0 Å². The fourth-order valence-corrected chi connectivity index (χ4v) is 0.465. The average Bonchev–Trinajstić information content (AvgIpc) is 2.16. The summed E-state index contributed by atoms with van der Waals surface area (Å²) in [7, 11) is 1.33. The Hall–Kier alpha value is -1.43. The zero-order valence-electron chi connectivity index (χ0n) is 8.22. The summed E-state index contributed by atoms with van der Waals surface area (Å²) in [5.74, 6) is 2.19. The van der Waals surface area contributed by atoms with Crippen LogP contribution in [0.5, 0.6) is 0 Å². The van der Waals surface area contributed by atoms with E-state index in [9.17, 15) is 4.79 Å². The van der Waals surface area contributed by atoms with E-state index in [2.05, 4.69) is 16.8 Å². The van der Waals surface area contributed by atoms with Gasteiger partial charge in [0.1, 0.15) is 19.1 Å². The van der Waals surface area contributed by atoms with E-state index < -0.39 is 0 Å². The fraction of sp³-hybridized carbons (Fsp3) is 0.500. The SMILES string of the molecule is C/C=C(\C)COC#CCC(=O)OC. The molecule has 0 amide bonds. The summed E-state index contributed by atoms with van der Waals surface area (Å²) < 4.78 is 9.33. The van der Waals surface area contributed by atoms with Crippen LogP contribution in [0.15, 0.2) is 11.6 Å². The molecule has 0 radical (unpaired) electrons. The first-order valence-corrected chi connectivity index (χ1v) is 3.99. The molecular formula is C10H14O3. The maximum absolute atomic E-state index is 10.6. The van der Waals surface area contributed by atoms with Gasteiger partial charge >= 0.3 is 5.97 Å². The summed E-state index contributed by atoms with van der Waals surface area (Å²) in [6.07, 6.45) is 4.45. The van der Waals surface area contributed by atoms with Gasteiger partial charge in [0, 0.05) is 0 Å². The molecule has 0 aliphatic rings. The molecule has 0 bridgehead atoms. The highest BCUT2D eigenvalue weighted by Gasteiger charge is 1.93. The summed E-state index contributed by atoms with van der Waals surface area (Å²) in [5, 5.41) is 0. The van der Waals surface area contributed by atoms with Gasteiger partial charge in [-0.3, -0.25) is 4.79 Å². The predicted molar refractivity (Wildman–Crippen MR) is 49.8 cm³/mol. The van der Waals surface area contributed by atoms with Crippen LogP contribution >= 0.6 is 0 Å². The quantitative estimate of drug-likeness (QED) is 0.377. The third-order valence-corrected chi connectivity index (χ3v) is 1.40. The van der Waals surface area contributed by atoms with Crippen molar-refractivity contribution in [2.45, 2.75) is 20.3 Å². The molecule has 72 valence electrons. The van der Waals surface area contributed by atoms with Gasteiger partial charge < -0.3 is 9.47 Å². The summed E-state index contributed by atoms with van der Waals surface area (Å²) in [5.41, 5.74) is 1.10. The van der Waals surface area contributed by atoms with E-state index in [1.54, 1.807) is 0 Å². The molecule has 0 aliphatic carbocycles. The second-order valence-electron chi connectivity index (χ2n) is 2.46. The molecular weight excluding hydrogens is 168 g/mol. The second kappa shape index (κ2) is 7.23. The monoisotopic (exact) mass is 182 g/mol. The minimum atomic E-state index is -0.348. The lowest BCUT2D eigenvalue weighted by molar-refractivity contribution is -0.139. The largest absolute Gasteiger partial charge is 0.468 e. The lowest BCUT2D eigenvalue weighted by atomic mass is 10.3. The van der Waals surface area contributed by atoms with E-state index in [1.165, 1.54) is 7.11 Å². The minimum Gasteiger partial charge on any atom is -0.468 e. The lowest BCUT2D eigenvalue weighted by Gasteiger charge is -1.95. The topological polar surface area (TPSA) is 35.5 Å². The predicted octanol–water partition coefficient (Wildman–Crippen LogP) is 1.49. The first kappa shape index (κ1) is 11.6. The Balaban J connectivity index is 3.57. The Morgan fingerprint density at radius 1 is 1.54 bits per heavy atom. The van der Waals surface area contributed by atoms with Crippen molar-refractivity contribution in [3.63, 3.8) is 0 Å². The molecule has 0 saturated heterocycles. The molecule has 13 heavy (non-hydrogen) atoms. The van der Waals surface area contributed by atoms with Gasteiger partial charge in [0.2, 0.25) is 0 Å². The number of hydrogen-bond acceptors (Lipinski definition) is 3. The van der Waals surface area contributed by atoms with Crippen LogP contribution in [0, 0.1) is 12.0 Å². The molecule has 0 aromatic rings. The van der Waals surface area contributed by atoms with E-state index in [0.29, 0.717) is 6.61 Å². The average molecular weight is 182 g/mol. The third-order valence-electron chi connectivity index (χ3n) is 1.40. The van der Waals surface area contributed by atoms with Crippen molar-refractivity contribution in [3.05, 3.63) is 11.6 Å². The van der Waals surface area contributed by atoms with Gasteiger partial charge in [-0.1, -0.05) is 6.08 Å². The normalized spacial score (nSPS) is 9.92. The fourth-order valence-electron chi connectivity index (χ4n) is 0.465. The van der Waals surface area contributed by atoms with E-state index in [1.807, 2.05) is 19.9 Å². The van der Waals surface area contributed by atoms with Gasteiger partial charge in [0.05, 0.1) is 7.11 Å². The van der Waals surface area contributed by atoms with Gasteiger partial charge in [0.15, 0.2) is 0 Å². The molecule has 0 atom stereocenters. The molecule has 0 saturated carbocycles. The van der Waals surface area contributed by atoms with Gasteiger partial charge in [-0.2, -0.15) is 0 Å². The van der Waals surface area contributed by atoms with Crippen molar-refractivity contribution in [1.82, 2.24) is 0 Å². The number of methoxy groups -OCH3 is 1. The summed E-state index contributed by atoms with van der Waals surface area (Å²) in [6, 6.07) is 0. The Morgan fingerprint density at radius 3 is 2.77 bits per heavy atom. The molecule has 0 aromatic carbocycles. The van der Waals surface area contributed by atoms with Crippen molar-refractivity contribution in [2.24, 2.45) is 0 Å². The van der Waals surface area contributed by atoms with Gasteiger partial charge in [0.25, 0.3) is 0 Å². The smallest absolute Gasteiger partial charge is 0.317 e. The van der Waals surface area contributed by atoms with Crippen LogP contribution < -0.4 is 0 Å². The van der Waals surface area contributed by atoms with Crippen LogP contribution in [0.1, 0.15) is 20.3 Å². The van der Waals surface area contributed by atoms with Crippen LogP contribution in [0.3, 0.4) is 0 Å². The summed E-state index contributed by atoms with van der Waals surface area (Å²) >= 11 is 0. The summed E-state index contributed by atoms with van der Waals surface area (Å²) in [4.78, 5) is 10.6. The Bertz CT molecular complexity index is 243. The first-order valence-electron chi connectivity index (χ1n) is 3.99. The van der Waals surface area contributed by atoms with Gasteiger partial charge in [-0.05, 0) is 25.3 Å². The Labute approximate surface area is 78.7 Å². The molecule has 3 heteroatoms. The van der Waals surface area contributed by atoms with Crippen LogP contribution in [0.4, 0.5) is 0 Å². The van der Waals surface area contributed by atoms with E-state index in [0.717, 1.165) is 5.57 Å². The molecule has 0 spiro atoms. The van der Waals surface area contributed by atoms with Crippen molar-refractivity contribution >= 4 is 5.97 Å². The highest BCUT2D eigenvalue weighted by Crippen LogP contribution is 1.91. The first-order chi connectivity index (χ1) is 6.20. The molecule has 0 aliphatic heterocycles. The number of carbonyl (C=O) groups excluding carboxylic acids is 1. The zero-order valence-corrected chi connectivity index (χ0v) is 8.22. The highest BCUT2D eigenvalue weighted by atomic mass is 16.5. The van der Waals surface area contributed by atoms with Crippen LogP contribution in [0.2, 0.25) is 0 Å². The Kier molecular flexibility index (Phi) is 6.44. The molecule has 0 rings (SSSR count). The molecule has 0 N–H and O–H groups in total. The van der Waals surface area contributed by atoms with Crippen molar-refractivity contribution in [1.29, 1.82) is 0 Å². The standard InChI is InChI=1S/C10H14O3/c1-4-9(2)8-13-7-5-6-10(11)12-3/h4H,6,8H2,1-3H3/b9-4+. The number of allylic oxidation sites excluding steroid dienone is 1. The third kappa shape index (κ3) is 6.95. The minimum absolute atomic E-state index is 0.0748. The van der Waals surface area contributed by atoms with Crippen molar-refractivity contribution in [2.75, 3.05) is 13.7 Å². The lowest BCUT2D eigenvalue weighted by Crippen LogP contribution is -1.97. The van der Waals surface area contributed by atoms with Gasteiger partial charge in [-0.15, -0.1) is 0 Å². The number of ether oxygens (including phenoxy) is 2. The maximum Gasteiger partial charge on any atom is 0.317 e. The number of hydrogen-bond donors (Lipinski definition) is 0. The van der Waals surface area contributed by atoms with E-state index in [-0.39, 0.29) is 12.4 Å². The second-order valence-corrected chi connectivity index (χ2v) is 2.46. The van der Waals surface area contributed by atoms with Crippen molar-refractivity contribution < 1.29 is 14.3 Å². The maximum atomic E-state index is 10.6.